The quantitative estimate of drug-likeness (QED) is 0.822. The maximum atomic E-state index is 5.50. The molecule has 0 aliphatic carbocycles. The number of fused-ring (bicyclic) bond motifs is 1. The van der Waals surface area contributed by atoms with Crippen LogP contribution in [0.5, 0.6) is 11.5 Å². The van der Waals surface area contributed by atoms with Gasteiger partial charge in [0.1, 0.15) is 0 Å². The van der Waals surface area contributed by atoms with Gasteiger partial charge in [0.15, 0.2) is 11.5 Å². The fourth-order valence-corrected chi connectivity index (χ4v) is 4.33. The van der Waals surface area contributed by atoms with E-state index in [2.05, 4.69) is 28.0 Å². The molecular formula is C21H28N2O3. The van der Waals surface area contributed by atoms with Crippen molar-refractivity contribution < 1.29 is 13.9 Å². The summed E-state index contributed by atoms with van der Waals surface area (Å²) in [5, 5.41) is 0. The van der Waals surface area contributed by atoms with Gasteiger partial charge >= 0.3 is 0 Å². The lowest BCUT2D eigenvalue weighted by molar-refractivity contribution is 0.0836. The highest BCUT2D eigenvalue weighted by atomic mass is 16.5. The number of ether oxygens (including phenoxy) is 2. The van der Waals surface area contributed by atoms with Crippen LogP contribution < -0.4 is 9.47 Å². The minimum atomic E-state index is 0.622. The van der Waals surface area contributed by atoms with E-state index in [9.17, 15) is 0 Å². The molecule has 2 aliphatic heterocycles. The van der Waals surface area contributed by atoms with Crippen molar-refractivity contribution in [3.05, 3.63) is 47.4 Å². The van der Waals surface area contributed by atoms with E-state index in [0.29, 0.717) is 6.04 Å². The van der Waals surface area contributed by atoms with Gasteiger partial charge in [-0.2, -0.15) is 0 Å². The Morgan fingerprint density at radius 1 is 1.12 bits per heavy atom. The molecule has 5 heteroatoms. The fraction of sp³-hybridized carbons (Fsp3) is 0.524. The first-order valence-electron chi connectivity index (χ1n) is 9.48. The van der Waals surface area contributed by atoms with Crippen molar-refractivity contribution in [3.63, 3.8) is 0 Å². The van der Waals surface area contributed by atoms with Gasteiger partial charge in [0.05, 0.1) is 26.7 Å². The smallest absolute Gasteiger partial charge is 0.161 e. The van der Waals surface area contributed by atoms with Crippen molar-refractivity contribution in [2.24, 2.45) is 0 Å². The average Bonchev–Trinajstić information content (AvgIpc) is 3.19. The van der Waals surface area contributed by atoms with Crippen LogP contribution in [-0.2, 0) is 19.5 Å². The maximum absolute atomic E-state index is 5.50. The van der Waals surface area contributed by atoms with Gasteiger partial charge < -0.3 is 13.9 Å². The summed E-state index contributed by atoms with van der Waals surface area (Å²) >= 11 is 0. The highest BCUT2D eigenvalue weighted by Gasteiger charge is 2.28. The van der Waals surface area contributed by atoms with Gasteiger partial charge in [0.2, 0.25) is 0 Å². The number of benzene rings is 1. The number of piperidine rings is 1. The van der Waals surface area contributed by atoms with Crippen LogP contribution >= 0.6 is 0 Å². The average molecular weight is 356 g/mol. The molecule has 5 nitrogen and oxygen atoms in total. The van der Waals surface area contributed by atoms with E-state index < -0.39 is 0 Å². The molecule has 2 aliphatic rings. The third-order valence-electron chi connectivity index (χ3n) is 5.73. The van der Waals surface area contributed by atoms with Gasteiger partial charge in [0, 0.05) is 37.8 Å². The molecule has 0 saturated carbocycles. The molecule has 1 fully saturated rings. The predicted molar refractivity (Wildman–Crippen MR) is 101 cm³/mol. The molecule has 26 heavy (non-hydrogen) atoms. The molecule has 1 atom stereocenters. The first-order chi connectivity index (χ1) is 12.8. The second-order valence-electron chi connectivity index (χ2n) is 7.36. The maximum Gasteiger partial charge on any atom is 0.161 e. The number of rotatable bonds is 5. The summed E-state index contributed by atoms with van der Waals surface area (Å²) in [6, 6.07) is 7.00. The van der Waals surface area contributed by atoms with Crippen molar-refractivity contribution in [1.29, 1.82) is 0 Å². The standard InChI is InChI=1S/C21H28N2O3/c1-24-20-10-17-5-8-23(13-18(17)11-21(20)25-2)19-4-3-7-22(14-19)12-16-6-9-26-15-16/h6,9-11,15,19H,3-5,7-8,12-14H2,1-2H3. The van der Waals surface area contributed by atoms with Gasteiger partial charge in [-0.1, -0.05) is 0 Å². The van der Waals surface area contributed by atoms with Gasteiger partial charge in [-0.25, -0.2) is 0 Å². The third-order valence-corrected chi connectivity index (χ3v) is 5.73. The van der Waals surface area contributed by atoms with Crippen LogP contribution in [0.2, 0.25) is 0 Å². The zero-order chi connectivity index (χ0) is 17.9. The Bertz CT molecular complexity index is 729. The topological polar surface area (TPSA) is 38.1 Å². The van der Waals surface area contributed by atoms with E-state index >= 15 is 0 Å². The summed E-state index contributed by atoms with van der Waals surface area (Å²) in [7, 11) is 3.41. The largest absolute Gasteiger partial charge is 0.493 e. The lowest BCUT2D eigenvalue weighted by atomic mass is 9.95. The number of furan rings is 1. The minimum absolute atomic E-state index is 0.622. The van der Waals surface area contributed by atoms with Crippen molar-refractivity contribution in [1.82, 2.24) is 9.80 Å². The lowest BCUT2D eigenvalue weighted by Gasteiger charge is -2.41. The number of likely N-dealkylation sites (tertiary alicyclic amines) is 1. The SMILES string of the molecule is COc1cc2c(cc1OC)CN(C1CCCN(Cc3ccoc3)C1)CC2. The first-order valence-corrected chi connectivity index (χ1v) is 9.48. The molecule has 1 unspecified atom stereocenters. The van der Waals surface area contributed by atoms with Gasteiger partial charge in [-0.15, -0.1) is 0 Å². The minimum Gasteiger partial charge on any atom is -0.493 e. The van der Waals surface area contributed by atoms with Gasteiger partial charge in [-0.05, 0) is 55.1 Å². The highest BCUT2D eigenvalue weighted by Crippen LogP contribution is 2.34. The van der Waals surface area contributed by atoms with E-state index in [-0.39, 0.29) is 0 Å². The van der Waals surface area contributed by atoms with Crippen LogP contribution in [0.3, 0.4) is 0 Å². The predicted octanol–water partition coefficient (Wildman–Crippen LogP) is 3.32. The molecule has 3 heterocycles. The molecule has 0 radical (unpaired) electrons. The molecule has 0 spiro atoms. The van der Waals surface area contributed by atoms with Gasteiger partial charge in [0.25, 0.3) is 0 Å². The van der Waals surface area contributed by atoms with Crippen molar-refractivity contribution in [2.45, 2.75) is 38.4 Å². The first kappa shape index (κ1) is 17.4. The van der Waals surface area contributed by atoms with Crippen LogP contribution in [0.25, 0.3) is 0 Å². The lowest BCUT2D eigenvalue weighted by Crippen LogP contribution is -2.49. The molecule has 0 bridgehead atoms. The second-order valence-corrected chi connectivity index (χ2v) is 7.36. The summed E-state index contributed by atoms with van der Waals surface area (Å²) in [5.74, 6) is 1.67. The molecule has 140 valence electrons. The van der Waals surface area contributed by atoms with Crippen LogP contribution in [0.4, 0.5) is 0 Å². The number of methoxy groups -OCH3 is 2. The van der Waals surface area contributed by atoms with Crippen molar-refractivity contribution >= 4 is 0 Å². The summed E-state index contributed by atoms with van der Waals surface area (Å²) in [6.45, 7) is 5.42. The summed E-state index contributed by atoms with van der Waals surface area (Å²) < 4.78 is 16.2. The molecule has 0 N–H and O–H groups in total. The number of hydrogen-bond acceptors (Lipinski definition) is 5. The Labute approximate surface area is 155 Å². The molecule has 2 aromatic rings. The molecule has 1 aromatic heterocycles. The van der Waals surface area contributed by atoms with Crippen molar-refractivity contribution in [3.8, 4) is 11.5 Å². The van der Waals surface area contributed by atoms with E-state index in [1.54, 1.807) is 20.5 Å². The zero-order valence-corrected chi connectivity index (χ0v) is 15.7. The van der Waals surface area contributed by atoms with Crippen LogP contribution in [0.15, 0.2) is 35.1 Å². The van der Waals surface area contributed by atoms with Crippen LogP contribution in [-0.4, -0.2) is 49.7 Å². The summed E-state index contributed by atoms with van der Waals surface area (Å²) in [6.07, 6.45) is 7.25. The third kappa shape index (κ3) is 3.60. The van der Waals surface area contributed by atoms with E-state index in [0.717, 1.165) is 44.1 Å². The van der Waals surface area contributed by atoms with Crippen LogP contribution in [0, 0.1) is 0 Å². The Morgan fingerprint density at radius 2 is 1.92 bits per heavy atom. The monoisotopic (exact) mass is 356 g/mol. The Morgan fingerprint density at radius 3 is 2.65 bits per heavy atom. The molecular weight excluding hydrogens is 328 g/mol. The van der Waals surface area contributed by atoms with Crippen molar-refractivity contribution in [2.75, 3.05) is 33.9 Å². The Balaban J connectivity index is 1.44. The molecule has 4 rings (SSSR count). The Hall–Kier alpha value is -1.98. The highest BCUT2D eigenvalue weighted by molar-refractivity contribution is 5.48. The number of hydrogen-bond donors (Lipinski definition) is 0. The summed E-state index contributed by atoms with van der Waals surface area (Å²) in [5.41, 5.74) is 4.04. The molecule has 0 amide bonds. The van der Waals surface area contributed by atoms with E-state index in [1.807, 2.05) is 6.26 Å². The molecule has 1 aromatic carbocycles. The Kier molecular flexibility index (Phi) is 5.18. The summed E-state index contributed by atoms with van der Waals surface area (Å²) in [4.78, 5) is 5.21. The normalized spacial score (nSPS) is 21.4. The zero-order valence-electron chi connectivity index (χ0n) is 15.7. The van der Waals surface area contributed by atoms with Crippen LogP contribution in [0.1, 0.15) is 29.5 Å². The van der Waals surface area contributed by atoms with E-state index in [4.69, 9.17) is 13.9 Å². The van der Waals surface area contributed by atoms with Gasteiger partial charge in [-0.3, -0.25) is 9.80 Å². The van der Waals surface area contributed by atoms with E-state index in [1.165, 1.54) is 36.1 Å². The molecule has 1 saturated heterocycles. The second kappa shape index (κ2) is 7.72. The number of nitrogens with zero attached hydrogens (tertiary/aromatic N) is 2. The fourth-order valence-electron chi connectivity index (χ4n) is 4.33.